The van der Waals surface area contributed by atoms with Crippen LogP contribution in [0.25, 0.3) is 0 Å². The van der Waals surface area contributed by atoms with Crippen molar-refractivity contribution in [2.24, 2.45) is 0 Å². The summed E-state index contributed by atoms with van der Waals surface area (Å²) in [6.45, 7) is 2.28. The Bertz CT molecular complexity index is 307. The number of unbranched alkanes of at least 4 members (excludes halogenated alkanes) is 5. The second kappa shape index (κ2) is 12.0. The van der Waals surface area contributed by atoms with Crippen LogP contribution in [-0.4, -0.2) is 13.1 Å². The zero-order valence-corrected chi connectivity index (χ0v) is 13.5. The summed E-state index contributed by atoms with van der Waals surface area (Å²) in [6.07, 6.45) is 13.6. The van der Waals surface area contributed by atoms with Crippen LogP contribution in [0, 0.1) is 0 Å². The summed E-state index contributed by atoms with van der Waals surface area (Å²) in [6, 6.07) is 11.6. The molecule has 0 aromatic heterocycles. The van der Waals surface area contributed by atoms with Gasteiger partial charge in [-0.05, 0) is 38.3 Å². The molecule has 0 aliphatic heterocycles. The molecular weight excluding hydrogens is 242 g/mol. The van der Waals surface area contributed by atoms with Crippen molar-refractivity contribution in [1.29, 1.82) is 0 Å². The summed E-state index contributed by atoms with van der Waals surface area (Å²) in [7, 11) is 2.12. The van der Waals surface area contributed by atoms with E-state index >= 15 is 0 Å². The smallest absolute Gasteiger partial charge is 0.00641 e. The van der Waals surface area contributed by atoms with E-state index in [0.29, 0.717) is 6.04 Å². The van der Waals surface area contributed by atoms with Gasteiger partial charge in [0.25, 0.3) is 0 Å². The zero-order chi connectivity index (χ0) is 14.5. The second-order valence-electron chi connectivity index (χ2n) is 5.92. The molecule has 1 N–H and O–H groups in total. The van der Waals surface area contributed by atoms with Gasteiger partial charge in [-0.25, -0.2) is 0 Å². The first-order valence-corrected chi connectivity index (χ1v) is 8.58. The van der Waals surface area contributed by atoms with E-state index in [9.17, 15) is 0 Å². The van der Waals surface area contributed by atoms with E-state index in [1.165, 1.54) is 69.8 Å². The number of nitrogens with one attached hydrogen (secondary N) is 1. The molecule has 0 aliphatic carbocycles. The number of benzene rings is 1. The summed E-state index contributed by atoms with van der Waals surface area (Å²) in [4.78, 5) is 0. The molecule has 1 unspecified atom stereocenters. The van der Waals surface area contributed by atoms with Crippen LogP contribution in [0.15, 0.2) is 30.3 Å². The molecule has 0 saturated heterocycles. The van der Waals surface area contributed by atoms with Crippen molar-refractivity contribution in [2.45, 2.75) is 77.2 Å². The largest absolute Gasteiger partial charge is 0.317 e. The minimum Gasteiger partial charge on any atom is -0.317 e. The molecule has 0 spiro atoms. The van der Waals surface area contributed by atoms with Crippen LogP contribution in [0.5, 0.6) is 0 Å². The van der Waals surface area contributed by atoms with Crippen LogP contribution in [0.2, 0.25) is 0 Å². The molecule has 20 heavy (non-hydrogen) atoms. The van der Waals surface area contributed by atoms with Crippen LogP contribution in [0.3, 0.4) is 0 Å². The van der Waals surface area contributed by atoms with Crippen LogP contribution >= 0.6 is 0 Å². The van der Waals surface area contributed by atoms with Gasteiger partial charge in [0, 0.05) is 6.04 Å². The summed E-state index contributed by atoms with van der Waals surface area (Å²) in [5.74, 6) is 0. The molecule has 0 heterocycles. The van der Waals surface area contributed by atoms with Gasteiger partial charge in [-0.15, -0.1) is 0 Å². The Labute approximate surface area is 126 Å². The number of rotatable bonds is 12. The predicted molar refractivity (Wildman–Crippen MR) is 90.2 cm³/mol. The maximum atomic E-state index is 3.49. The summed E-state index contributed by atoms with van der Waals surface area (Å²) < 4.78 is 0. The Kier molecular flexibility index (Phi) is 10.3. The summed E-state index contributed by atoms with van der Waals surface area (Å²) in [5.41, 5.74) is 1.47. The van der Waals surface area contributed by atoms with E-state index in [-0.39, 0.29) is 0 Å². The second-order valence-corrected chi connectivity index (χ2v) is 5.92. The van der Waals surface area contributed by atoms with Crippen molar-refractivity contribution >= 4 is 0 Å². The standard InChI is InChI=1S/C19H33N/c1-3-4-5-6-7-11-16-19(20-2)17-12-15-18-13-9-8-10-14-18/h8-10,13-14,19-20H,3-7,11-12,15-17H2,1-2H3. The highest BCUT2D eigenvalue weighted by atomic mass is 14.9. The number of aryl methyl sites for hydroxylation is 1. The normalized spacial score (nSPS) is 12.5. The SMILES string of the molecule is CCCCCCCCC(CCCc1ccccc1)NC. The van der Waals surface area contributed by atoms with Crippen molar-refractivity contribution in [3.63, 3.8) is 0 Å². The van der Waals surface area contributed by atoms with Gasteiger partial charge in [0.05, 0.1) is 0 Å². The molecule has 0 saturated carbocycles. The first-order valence-electron chi connectivity index (χ1n) is 8.58. The summed E-state index contributed by atoms with van der Waals surface area (Å²) in [5, 5.41) is 3.49. The highest BCUT2D eigenvalue weighted by Crippen LogP contribution is 2.13. The molecule has 1 aromatic carbocycles. The molecule has 0 aliphatic rings. The molecular formula is C19H33N. The van der Waals surface area contributed by atoms with Gasteiger partial charge < -0.3 is 5.32 Å². The maximum absolute atomic E-state index is 3.49. The lowest BCUT2D eigenvalue weighted by Gasteiger charge is -2.16. The third-order valence-corrected chi connectivity index (χ3v) is 4.18. The van der Waals surface area contributed by atoms with E-state index in [2.05, 4.69) is 49.6 Å². The van der Waals surface area contributed by atoms with Crippen molar-refractivity contribution in [2.75, 3.05) is 7.05 Å². The third kappa shape index (κ3) is 8.37. The van der Waals surface area contributed by atoms with Crippen molar-refractivity contribution in [3.8, 4) is 0 Å². The minimum absolute atomic E-state index is 0.713. The van der Waals surface area contributed by atoms with Crippen molar-refractivity contribution < 1.29 is 0 Å². The molecule has 0 radical (unpaired) electrons. The Morgan fingerprint density at radius 1 is 0.850 bits per heavy atom. The van der Waals surface area contributed by atoms with Crippen LogP contribution in [0.4, 0.5) is 0 Å². The van der Waals surface area contributed by atoms with Gasteiger partial charge >= 0.3 is 0 Å². The van der Waals surface area contributed by atoms with Crippen LogP contribution < -0.4 is 5.32 Å². The zero-order valence-electron chi connectivity index (χ0n) is 13.5. The third-order valence-electron chi connectivity index (χ3n) is 4.18. The van der Waals surface area contributed by atoms with Gasteiger partial charge in [0.1, 0.15) is 0 Å². The van der Waals surface area contributed by atoms with Gasteiger partial charge in [0.15, 0.2) is 0 Å². The van der Waals surface area contributed by atoms with Gasteiger partial charge in [-0.2, -0.15) is 0 Å². The molecule has 114 valence electrons. The fourth-order valence-electron chi connectivity index (χ4n) is 2.80. The maximum Gasteiger partial charge on any atom is 0.00641 e. The lowest BCUT2D eigenvalue weighted by atomic mass is 10.00. The van der Waals surface area contributed by atoms with Gasteiger partial charge in [-0.3, -0.25) is 0 Å². The van der Waals surface area contributed by atoms with E-state index in [1.807, 2.05) is 0 Å². The Balaban J connectivity index is 2.04. The molecule has 0 amide bonds. The van der Waals surface area contributed by atoms with E-state index in [0.717, 1.165) is 0 Å². The quantitative estimate of drug-likeness (QED) is 0.507. The fraction of sp³-hybridized carbons (Fsp3) is 0.684. The van der Waals surface area contributed by atoms with E-state index < -0.39 is 0 Å². The minimum atomic E-state index is 0.713. The predicted octanol–water partition coefficient (Wildman–Crippen LogP) is 5.35. The van der Waals surface area contributed by atoms with Gasteiger partial charge in [0.2, 0.25) is 0 Å². The first-order chi connectivity index (χ1) is 9.86. The number of hydrogen-bond acceptors (Lipinski definition) is 1. The highest BCUT2D eigenvalue weighted by Gasteiger charge is 2.05. The topological polar surface area (TPSA) is 12.0 Å². The molecule has 0 fully saturated rings. The lowest BCUT2D eigenvalue weighted by Crippen LogP contribution is -2.25. The van der Waals surface area contributed by atoms with E-state index in [4.69, 9.17) is 0 Å². The molecule has 1 nitrogen and oxygen atoms in total. The molecule has 1 rings (SSSR count). The molecule has 1 heteroatoms. The Morgan fingerprint density at radius 2 is 1.50 bits per heavy atom. The first kappa shape index (κ1) is 17.2. The Hall–Kier alpha value is -0.820. The molecule has 1 atom stereocenters. The molecule has 0 bridgehead atoms. The van der Waals surface area contributed by atoms with Crippen molar-refractivity contribution in [3.05, 3.63) is 35.9 Å². The lowest BCUT2D eigenvalue weighted by molar-refractivity contribution is 0.447. The van der Waals surface area contributed by atoms with Crippen LogP contribution in [-0.2, 0) is 6.42 Å². The highest BCUT2D eigenvalue weighted by molar-refractivity contribution is 5.14. The summed E-state index contributed by atoms with van der Waals surface area (Å²) >= 11 is 0. The average Bonchev–Trinajstić information content (AvgIpc) is 2.50. The van der Waals surface area contributed by atoms with Gasteiger partial charge in [-0.1, -0.05) is 75.8 Å². The van der Waals surface area contributed by atoms with E-state index in [1.54, 1.807) is 0 Å². The van der Waals surface area contributed by atoms with Crippen LogP contribution in [0.1, 0.15) is 70.3 Å². The monoisotopic (exact) mass is 275 g/mol. The van der Waals surface area contributed by atoms with Crippen molar-refractivity contribution in [1.82, 2.24) is 5.32 Å². The average molecular weight is 275 g/mol. The fourth-order valence-corrected chi connectivity index (χ4v) is 2.80. The molecule has 1 aromatic rings. The number of hydrogen-bond donors (Lipinski definition) is 1. The Morgan fingerprint density at radius 3 is 2.20 bits per heavy atom.